The molecule has 0 unspecified atom stereocenters. The van der Waals surface area contributed by atoms with Crippen LogP contribution in [0, 0.1) is 11.3 Å². The van der Waals surface area contributed by atoms with Gasteiger partial charge in [0.25, 0.3) is 5.91 Å². The van der Waals surface area contributed by atoms with Gasteiger partial charge in [-0.05, 0) is 12.1 Å². The lowest BCUT2D eigenvalue weighted by Gasteiger charge is -2.03. The zero-order valence-corrected chi connectivity index (χ0v) is 8.60. The van der Waals surface area contributed by atoms with Gasteiger partial charge in [0, 0.05) is 6.07 Å². The molecule has 0 aliphatic heterocycles. The molecule has 0 aliphatic carbocycles. The number of ether oxygens (including phenoxy) is 1. The number of hydrazone groups is 1. The molecular formula is C10H10N4O2. The molecule has 6 nitrogen and oxygen atoms in total. The summed E-state index contributed by atoms with van der Waals surface area (Å²) in [5, 5.41) is 12.1. The summed E-state index contributed by atoms with van der Waals surface area (Å²) in [5.41, 5.74) is 7.65. The summed E-state index contributed by atoms with van der Waals surface area (Å²) in [4.78, 5) is 10.7. The van der Waals surface area contributed by atoms with Crippen LogP contribution in [0.1, 0.15) is 0 Å². The van der Waals surface area contributed by atoms with Crippen molar-refractivity contribution in [2.24, 2.45) is 10.8 Å². The fraction of sp³-hybridized carbons (Fsp3) is 0.100. The maximum absolute atomic E-state index is 10.7. The predicted octanol–water partition coefficient (Wildman–Crippen LogP) is 0.472. The van der Waals surface area contributed by atoms with Crippen molar-refractivity contribution < 1.29 is 9.53 Å². The van der Waals surface area contributed by atoms with E-state index in [0.717, 1.165) is 0 Å². The van der Waals surface area contributed by atoms with Gasteiger partial charge in [-0.3, -0.25) is 10.2 Å². The van der Waals surface area contributed by atoms with E-state index in [4.69, 9.17) is 15.7 Å². The molecule has 3 N–H and O–H groups in total. The molecule has 0 heterocycles. The number of primary amides is 1. The van der Waals surface area contributed by atoms with E-state index >= 15 is 0 Å². The minimum absolute atomic E-state index is 0.386. The molecule has 0 saturated heterocycles. The van der Waals surface area contributed by atoms with Crippen LogP contribution in [0.2, 0.25) is 0 Å². The number of benzene rings is 1. The molecule has 1 aromatic carbocycles. The summed E-state index contributed by atoms with van der Waals surface area (Å²) in [7, 11) is 1.53. The van der Waals surface area contributed by atoms with Gasteiger partial charge < -0.3 is 10.5 Å². The van der Waals surface area contributed by atoms with Gasteiger partial charge in [-0.1, -0.05) is 6.07 Å². The highest BCUT2D eigenvalue weighted by Gasteiger charge is 2.04. The molecular weight excluding hydrogens is 208 g/mol. The summed E-state index contributed by atoms with van der Waals surface area (Å²) >= 11 is 0. The fourth-order valence-corrected chi connectivity index (χ4v) is 0.948. The first-order valence-electron chi connectivity index (χ1n) is 4.35. The van der Waals surface area contributed by atoms with Crippen molar-refractivity contribution in [1.29, 1.82) is 5.26 Å². The molecule has 0 radical (unpaired) electrons. The van der Waals surface area contributed by atoms with E-state index in [1.165, 1.54) is 7.11 Å². The van der Waals surface area contributed by atoms with Gasteiger partial charge in [-0.25, -0.2) is 0 Å². The molecule has 0 saturated carbocycles. The van der Waals surface area contributed by atoms with Crippen molar-refractivity contribution in [2.75, 3.05) is 12.5 Å². The number of carbonyl (C=O) groups excluding carboxylic acids is 1. The van der Waals surface area contributed by atoms with Crippen LogP contribution >= 0.6 is 0 Å². The highest BCUT2D eigenvalue weighted by molar-refractivity contribution is 6.44. The van der Waals surface area contributed by atoms with Crippen LogP contribution in [-0.2, 0) is 4.79 Å². The molecule has 82 valence electrons. The second kappa shape index (κ2) is 5.36. The minimum atomic E-state index is -0.877. The lowest BCUT2D eigenvalue weighted by atomic mass is 10.3. The van der Waals surface area contributed by atoms with E-state index in [9.17, 15) is 4.79 Å². The fourth-order valence-electron chi connectivity index (χ4n) is 0.948. The van der Waals surface area contributed by atoms with Crippen molar-refractivity contribution >= 4 is 17.3 Å². The molecule has 0 spiro atoms. The highest BCUT2D eigenvalue weighted by Crippen LogP contribution is 2.16. The van der Waals surface area contributed by atoms with E-state index in [0.29, 0.717) is 11.4 Å². The van der Waals surface area contributed by atoms with Gasteiger partial charge in [-0.2, -0.15) is 10.4 Å². The summed E-state index contributed by atoms with van der Waals surface area (Å²) in [6, 6.07) is 8.46. The summed E-state index contributed by atoms with van der Waals surface area (Å²) < 4.78 is 4.99. The standard InChI is InChI=1S/C10H10N4O2/c1-16-8-4-2-3-7(5-8)13-14-9(6-11)10(12)15/h2-5,13H,1H3,(H2,12,15). The largest absolute Gasteiger partial charge is 0.497 e. The van der Waals surface area contributed by atoms with Crippen LogP contribution in [0.15, 0.2) is 29.4 Å². The number of nitrogens with two attached hydrogens (primary N) is 1. The van der Waals surface area contributed by atoms with E-state index in [-0.39, 0.29) is 5.71 Å². The first-order chi connectivity index (χ1) is 7.67. The molecule has 0 aromatic heterocycles. The van der Waals surface area contributed by atoms with Crippen LogP contribution in [0.4, 0.5) is 5.69 Å². The van der Waals surface area contributed by atoms with Crippen LogP contribution < -0.4 is 15.9 Å². The monoisotopic (exact) mass is 218 g/mol. The van der Waals surface area contributed by atoms with E-state index < -0.39 is 5.91 Å². The summed E-state index contributed by atoms with van der Waals surface area (Å²) in [5.74, 6) is -0.240. The quantitative estimate of drug-likeness (QED) is 0.566. The number of rotatable bonds is 4. The number of nitrogens with zero attached hydrogens (tertiary/aromatic N) is 2. The Kier molecular flexibility index (Phi) is 3.86. The molecule has 1 rings (SSSR count). The van der Waals surface area contributed by atoms with Gasteiger partial charge in [0.1, 0.15) is 11.8 Å². The number of nitrogens with one attached hydrogen (secondary N) is 1. The Labute approximate surface area is 92.3 Å². The molecule has 0 bridgehead atoms. The topological polar surface area (TPSA) is 100 Å². The number of nitriles is 1. The van der Waals surface area contributed by atoms with Crippen molar-refractivity contribution in [3.05, 3.63) is 24.3 Å². The molecule has 0 fully saturated rings. The zero-order chi connectivity index (χ0) is 12.0. The Hall–Kier alpha value is -2.55. The molecule has 0 aliphatic rings. The minimum Gasteiger partial charge on any atom is -0.497 e. The average Bonchev–Trinajstić information content (AvgIpc) is 2.29. The second-order valence-electron chi connectivity index (χ2n) is 2.78. The first-order valence-corrected chi connectivity index (χ1v) is 4.35. The number of carbonyl (C=O) groups is 1. The number of hydrogen-bond acceptors (Lipinski definition) is 5. The van der Waals surface area contributed by atoms with Gasteiger partial charge in [0.05, 0.1) is 12.8 Å². The van der Waals surface area contributed by atoms with Crippen LogP contribution in [-0.4, -0.2) is 18.7 Å². The van der Waals surface area contributed by atoms with Gasteiger partial charge in [0.2, 0.25) is 5.71 Å². The third-order valence-corrected chi connectivity index (χ3v) is 1.71. The lowest BCUT2D eigenvalue weighted by Crippen LogP contribution is -2.22. The van der Waals surface area contributed by atoms with Crippen molar-refractivity contribution in [3.8, 4) is 11.8 Å². The lowest BCUT2D eigenvalue weighted by molar-refractivity contribution is -0.111. The SMILES string of the molecule is COc1cccc(NN=C(C#N)C(N)=O)c1. The van der Waals surface area contributed by atoms with Crippen LogP contribution in [0.25, 0.3) is 0 Å². The average molecular weight is 218 g/mol. The molecule has 16 heavy (non-hydrogen) atoms. The molecule has 0 atom stereocenters. The Balaban J connectivity index is 2.81. The van der Waals surface area contributed by atoms with Gasteiger partial charge >= 0.3 is 0 Å². The maximum atomic E-state index is 10.7. The van der Waals surface area contributed by atoms with Gasteiger partial charge in [0.15, 0.2) is 0 Å². The van der Waals surface area contributed by atoms with Crippen LogP contribution in [0.5, 0.6) is 5.75 Å². The number of anilines is 1. The maximum Gasteiger partial charge on any atom is 0.280 e. The van der Waals surface area contributed by atoms with E-state index in [1.807, 2.05) is 0 Å². The van der Waals surface area contributed by atoms with Crippen molar-refractivity contribution in [2.45, 2.75) is 0 Å². The van der Waals surface area contributed by atoms with Crippen LogP contribution in [0.3, 0.4) is 0 Å². The number of hydrogen-bond donors (Lipinski definition) is 2. The zero-order valence-electron chi connectivity index (χ0n) is 8.60. The number of amides is 1. The van der Waals surface area contributed by atoms with Crippen molar-refractivity contribution in [1.82, 2.24) is 0 Å². The third-order valence-electron chi connectivity index (χ3n) is 1.71. The summed E-state index contributed by atoms with van der Waals surface area (Å²) in [6.07, 6.45) is 0. The second-order valence-corrected chi connectivity index (χ2v) is 2.78. The summed E-state index contributed by atoms with van der Waals surface area (Å²) in [6.45, 7) is 0. The third kappa shape index (κ3) is 2.99. The van der Waals surface area contributed by atoms with E-state index in [1.54, 1.807) is 30.3 Å². The Morgan fingerprint density at radius 1 is 1.62 bits per heavy atom. The van der Waals surface area contributed by atoms with Crippen molar-refractivity contribution in [3.63, 3.8) is 0 Å². The normalized spacial score (nSPS) is 10.4. The van der Waals surface area contributed by atoms with Gasteiger partial charge in [-0.15, -0.1) is 0 Å². The number of methoxy groups -OCH3 is 1. The molecule has 1 amide bonds. The van der Waals surface area contributed by atoms with E-state index in [2.05, 4.69) is 10.5 Å². The Bertz CT molecular complexity index is 462. The predicted molar refractivity (Wildman–Crippen MR) is 58.9 cm³/mol. The smallest absolute Gasteiger partial charge is 0.280 e. The Morgan fingerprint density at radius 2 is 2.38 bits per heavy atom. The Morgan fingerprint density at radius 3 is 2.94 bits per heavy atom. The molecule has 6 heteroatoms. The molecule has 1 aromatic rings. The highest BCUT2D eigenvalue weighted by atomic mass is 16.5. The first kappa shape index (κ1) is 11.5.